The highest BCUT2D eigenvalue weighted by Gasteiger charge is 2.11. The zero-order valence-corrected chi connectivity index (χ0v) is 10.7. The molecule has 0 saturated carbocycles. The van der Waals surface area contributed by atoms with Crippen LogP contribution in [0.2, 0.25) is 0 Å². The zero-order chi connectivity index (χ0) is 11.0. The predicted octanol–water partition coefficient (Wildman–Crippen LogP) is 2.12. The Labute approximate surface area is 92.9 Å². The van der Waals surface area contributed by atoms with Crippen LogP contribution < -0.4 is 5.32 Å². The SMILES string of the molecule is CSCCC(CO)NC(C)CC(C)C. The average molecular weight is 219 g/mol. The number of rotatable bonds is 8. The van der Waals surface area contributed by atoms with E-state index in [9.17, 15) is 0 Å². The summed E-state index contributed by atoms with van der Waals surface area (Å²) < 4.78 is 0. The van der Waals surface area contributed by atoms with Crippen molar-refractivity contribution in [2.24, 2.45) is 5.92 Å². The van der Waals surface area contributed by atoms with Gasteiger partial charge in [-0.1, -0.05) is 13.8 Å². The molecule has 0 saturated heterocycles. The van der Waals surface area contributed by atoms with E-state index in [0.29, 0.717) is 6.04 Å². The quantitative estimate of drug-likeness (QED) is 0.656. The molecule has 0 aromatic carbocycles. The van der Waals surface area contributed by atoms with Crippen molar-refractivity contribution >= 4 is 11.8 Å². The van der Waals surface area contributed by atoms with Gasteiger partial charge in [0.1, 0.15) is 0 Å². The number of hydrogen-bond donors (Lipinski definition) is 2. The molecule has 3 heteroatoms. The fourth-order valence-electron chi connectivity index (χ4n) is 1.66. The molecule has 2 nitrogen and oxygen atoms in total. The van der Waals surface area contributed by atoms with Crippen molar-refractivity contribution in [3.8, 4) is 0 Å². The molecule has 0 fully saturated rings. The highest BCUT2D eigenvalue weighted by molar-refractivity contribution is 7.98. The second-order valence-corrected chi connectivity index (χ2v) is 5.34. The summed E-state index contributed by atoms with van der Waals surface area (Å²) >= 11 is 1.84. The van der Waals surface area contributed by atoms with Crippen molar-refractivity contribution in [3.63, 3.8) is 0 Å². The standard InChI is InChI=1S/C11H25NOS/c1-9(2)7-10(3)12-11(8-13)5-6-14-4/h9-13H,5-8H2,1-4H3. The zero-order valence-electron chi connectivity index (χ0n) is 9.92. The van der Waals surface area contributed by atoms with Crippen LogP contribution >= 0.6 is 11.8 Å². The highest BCUT2D eigenvalue weighted by atomic mass is 32.2. The first-order valence-corrected chi connectivity index (χ1v) is 6.85. The van der Waals surface area contributed by atoms with E-state index in [0.717, 1.165) is 18.1 Å². The lowest BCUT2D eigenvalue weighted by atomic mass is 10.0. The Balaban J connectivity index is 3.68. The number of thioether (sulfide) groups is 1. The summed E-state index contributed by atoms with van der Waals surface area (Å²) in [5.41, 5.74) is 0. The molecule has 0 bridgehead atoms. The molecule has 2 atom stereocenters. The maximum atomic E-state index is 9.16. The first-order chi connectivity index (χ1) is 6.60. The van der Waals surface area contributed by atoms with Gasteiger partial charge in [-0.25, -0.2) is 0 Å². The van der Waals surface area contributed by atoms with Gasteiger partial charge in [-0.2, -0.15) is 11.8 Å². The van der Waals surface area contributed by atoms with Gasteiger partial charge in [0, 0.05) is 12.1 Å². The summed E-state index contributed by atoms with van der Waals surface area (Å²) in [6, 6.07) is 0.783. The van der Waals surface area contributed by atoms with Gasteiger partial charge >= 0.3 is 0 Å². The molecule has 0 radical (unpaired) electrons. The van der Waals surface area contributed by atoms with Gasteiger partial charge in [-0.05, 0) is 37.7 Å². The van der Waals surface area contributed by atoms with E-state index < -0.39 is 0 Å². The van der Waals surface area contributed by atoms with Gasteiger partial charge in [-0.15, -0.1) is 0 Å². The highest BCUT2D eigenvalue weighted by Crippen LogP contribution is 2.07. The average Bonchev–Trinajstić information content (AvgIpc) is 2.10. The summed E-state index contributed by atoms with van der Waals surface area (Å²) in [4.78, 5) is 0. The Kier molecular flexibility index (Phi) is 8.73. The summed E-state index contributed by atoms with van der Waals surface area (Å²) in [6.07, 6.45) is 4.34. The van der Waals surface area contributed by atoms with Crippen molar-refractivity contribution in [2.45, 2.75) is 45.7 Å². The van der Waals surface area contributed by atoms with Gasteiger partial charge in [-0.3, -0.25) is 0 Å². The molecule has 0 aromatic heterocycles. The third kappa shape index (κ3) is 7.65. The molecule has 0 aliphatic rings. The monoisotopic (exact) mass is 219 g/mol. The van der Waals surface area contributed by atoms with Crippen molar-refractivity contribution < 1.29 is 5.11 Å². The lowest BCUT2D eigenvalue weighted by Gasteiger charge is -2.22. The van der Waals surface area contributed by atoms with Crippen LogP contribution in [0.3, 0.4) is 0 Å². The van der Waals surface area contributed by atoms with Crippen molar-refractivity contribution in [2.75, 3.05) is 18.6 Å². The fraction of sp³-hybridized carbons (Fsp3) is 1.00. The number of hydrogen-bond acceptors (Lipinski definition) is 3. The van der Waals surface area contributed by atoms with Crippen LogP contribution in [0, 0.1) is 5.92 Å². The minimum Gasteiger partial charge on any atom is -0.395 e. The van der Waals surface area contributed by atoms with Crippen molar-refractivity contribution in [1.82, 2.24) is 5.32 Å². The first kappa shape index (κ1) is 14.3. The van der Waals surface area contributed by atoms with Crippen LogP contribution in [0.1, 0.15) is 33.6 Å². The topological polar surface area (TPSA) is 32.3 Å². The van der Waals surface area contributed by atoms with Crippen molar-refractivity contribution in [1.29, 1.82) is 0 Å². The Bertz CT molecular complexity index is 130. The normalized spacial score (nSPS) is 15.9. The molecule has 0 heterocycles. The van der Waals surface area contributed by atoms with E-state index in [4.69, 9.17) is 5.11 Å². The molecular formula is C11H25NOS. The molecule has 0 rings (SSSR count). The maximum absolute atomic E-state index is 9.16. The predicted molar refractivity (Wildman–Crippen MR) is 65.9 cm³/mol. The van der Waals surface area contributed by atoms with Gasteiger partial charge in [0.25, 0.3) is 0 Å². The maximum Gasteiger partial charge on any atom is 0.0585 e. The lowest BCUT2D eigenvalue weighted by molar-refractivity contribution is 0.225. The third-order valence-corrected chi connectivity index (χ3v) is 2.88. The van der Waals surface area contributed by atoms with Crippen LogP contribution in [-0.4, -0.2) is 35.8 Å². The minimum atomic E-state index is 0.253. The second-order valence-electron chi connectivity index (χ2n) is 4.36. The van der Waals surface area contributed by atoms with Crippen LogP contribution in [0.25, 0.3) is 0 Å². The second kappa shape index (κ2) is 8.57. The molecule has 86 valence electrons. The van der Waals surface area contributed by atoms with E-state index in [2.05, 4.69) is 32.3 Å². The fourth-order valence-corrected chi connectivity index (χ4v) is 2.19. The molecular weight excluding hydrogens is 194 g/mol. The van der Waals surface area contributed by atoms with Crippen LogP contribution in [-0.2, 0) is 0 Å². The Hall–Kier alpha value is 0.270. The van der Waals surface area contributed by atoms with E-state index in [-0.39, 0.29) is 12.6 Å². The molecule has 0 spiro atoms. The largest absolute Gasteiger partial charge is 0.395 e. The number of aliphatic hydroxyl groups excluding tert-OH is 1. The molecule has 14 heavy (non-hydrogen) atoms. The minimum absolute atomic E-state index is 0.253. The van der Waals surface area contributed by atoms with E-state index in [1.165, 1.54) is 6.42 Å². The summed E-state index contributed by atoms with van der Waals surface area (Å²) in [5.74, 6) is 1.84. The number of nitrogens with one attached hydrogen (secondary N) is 1. The summed E-state index contributed by atoms with van der Waals surface area (Å²) in [7, 11) is 0. The molecule has 0 aliphatic carbocycles. The van der Waals surface area contributed by atoms with Gasteiger partial charge in [0.05, 0.1) is 6.61 Å². The Morgan fingerprint density at radius 2 is 1.93 bits per heavy atom. The van der Waals surface area contributed by atoms with Gasteiger partial charge in [0.15, 0.2) is 0 Å². The Morgan fingerprint density at radius 3 is 2.36 bits per heavy atom. The molecule has 0 aliphatic heterocycles. The van der Waals surface area contributed by atoms with E-state index in [1.54, 1.807) is 0 Å². The number of aliphatic hydroxyl groups is 1. The third-order valence-electron chi connectivity index (χ3n) is 2.24. The van der Waals surface area contributed by atoms with Gasteiger partial charge in [0.2, 0.25) is 0 Å². The van der Waals surface area contributed by atoms with Gasteiger partial charge < -0.3 is 10.4 Å². The molecule has 0 amide bonds. The Morgan fingerprint density at radius 1 is 1.29 bits per heavy atom. The molecule has 0 aromatic rings. The van der Waals surface area contributed by atoms with Crippen LogP contribution in [0.4, 0.5) is 0 Å². The smallest absolute Gasteiger partial charge is 0.0585 e. The molecule has 2 unspecified atom stereocenters. The van der Waals surface area contributed by atoms with Crippen LogP contribution in [0.15, 0.2) is 0 Å². The van der Waals surface area contributed by atoms with E-state index in [1.807, 2.05) is 11.8 Å². The summed E-state index contributed by atoms with van der Waals surface area (Å²) in [6.45, 7) is 6.91. The summed E-state index contributed by atoms with van der Waals surface area (Å²) in [5, 5.41) is 12.6. The lowest BCUT2D eigenvalue weighted by Crippen LogP contribution is -2.40. The van der Waals surface area contributed by atoms with E-state index >= 15 is 0 Å². The first-order valence-electron chi connectivity index (χ1n) is 5.46. The molecule has 2 N–H and O–H groups in total. The van der Waals surface area contributed by atoms with Crippen molar-refractivity contribution in [3.05, 3.63) is 0 Å². The van der Waals surface area contributed by atoms with Crippen LogP contribution in [0.5, 0.6) is 0 Å².